The van der Waals surface area contributed by atoms with Crippen LogP contribution in [0.4, 0.5) is 10.5 Å². The van der Waals surface area contributed by atoms with Crippen molar-refractivity contribution < 1.29 is 19.1 Å². The van der Waals surface area contributed by atoms with Crippen LogP contribution < -0.4 is 16.2 Å². The molecule has 0 spiro atoms. The lowest BCUT2D eigenvalue weighted by molar-refractivity contribution is -0.123. The summed E-state index contributed by atoms with van der Waals surface area (Å²) in [4.78, 5) is 38.6. The second kappa shape index (κ2) is 12.8. The predicted octanol–water partition coefficient (Wildman–Crippen LogP) is 2.48. The molecule has 2 amide bonds. The normalized spacial score (nSPS) is 13.6. The van der Waals surface area contributed by atoms with Gasteiger partial charge in [-0.05, 0) is 42.3 Å². The number of carbonyl (C=O) groups is 2. The van der Waals surface area contributed by atoms with Crippen LogP contribution in [0.2, 0.25) is 0 Å². The van der Waals surface area contributed by atoms with Crippen molar-refractivity contribution in [3.05, 3.63) is 82.1 Å². The van der Waals surface area contributed by atoms with Crippen molar-refractivity contribution >= 4 is 17.7 Å². The molecular weight excluding hydrogens is 474 g/mol. The van der Waals surface area contributed by atoms with Gasteiger partial charge in [0.15, 0.2) is 0 Å². The van der Waals surface area contributed by atoms with Crippen molar-refractivity contribution in [3.63, 3.8) is 0 Å². The second-order valence-corrected chi connectivity index (χ2v) is 8.63. The fourth-order valence-corrected chi connectivity index (χ4v) is 3.98. The molecule has 1 aliphatic rings. The molecule has 0 aliphatic carbocycles. The lowest BCUT2D eigenvalue weighted by Gasteiger charge is -2.25. The average Bonchev–Trinajstić information content (AvgIpc) is 2.90. The van der Waals surface area contributed by atoms with Crippen molar-refractivity contribution in [1.29, 1.82) is 0 Å². The van der Waals surface area contributed by atoms with Gasteiger partial charge in [-0.25, -0.2) is 9.48 Å². The summed E-state index contributed by atoms with van der Waals surface area (Å²) in [6, 6.07) is 18.1. The van der Waals surface area contributed by atoms with Gasteiger partial charge in [0.25, 0.3) is 5.56 Å². The molecule has 2 heterocycles. The van der Waals surface area contributed by atoms with Gasteiger partial charge < -0.3 is 14.8 Å². The summed E-state index contributed by atoms with van der Waals surface area (Å²) >= 11 is 0. The number of carbonyl (C=O) groups excluding carboxylic acids is 2. The highest BCUT2D eigenvalue weighted by Gasteiger charge is 2.14. The number of morpholine rings is 1. The Hall–Kier alpha value is -4.02. The Morgan fingerprint density at radius 3 is 2.62 bits per heavy atom. The molecule has 1 fully saturated rings. The van der Waals surface area contributed by atoms with Gasteiger partial charge in [-0.3, -0.25) is 19.8 Å². The number of anilines is 1. The smallest absolute Gasteiger partial charge is 0.411 e. The minimum Gasteiger partial charge on any atom is -0.450 e. The molecule has 37 heavy (non-hydrogen) atoms. The number of nitrogens with zero attached hydrogens (tertiary/aromatic N) is 3. The van der Waals surface area contributed by atoms with E-state index in [0.717, 1.165) is 29.8 Å². The zero-order valence-corrected chi connectivity index (χ0v) is 20.8. The Labute approximate surface area is 215 Å². The second-order valence-electron chi connectivity index (χ2n) is 8.63. The Morgan fingerprint density at radius 2 is 1.81 bits per heavy atom. The third-order valence-electron chi connectivity index (χ3n) is 5.83. The summed E-state index contributed by atoms with van der Waals surface area (Å²) in [5, 5.41) is 10.2. The van der Waals surface area contributed by atoms with E-state index in [9.17, 15) is 14.4 Å². The standard InChI is InChI=1S/C27H31N5O5/c1-2-37-27(35)29-23-8-4-6-21(16-23)18-32-26(34)10-9-24(30-32)22-7-3-5-20(15-22)17-28-25(33)19-31-11-13-36-14-12-31/h3-10,15-16H,2,11-14,17-19H2,1H3,(H,28,33)(H,29,35). The molecule has 10 heteroatoms. The van der Waals surface area contributed by atoms with E-state index >= 15 is 0 Å². The van der Waals surface area contributed by atoms with Crippen LogP contribution in [0.25, 0.3) is 11.3 Å². The Balaban J connectivity index is 1.42. The number of ether oxygens (including phenoxy) is 2. The van der Waals surface area contributed by atoms with Crippen LogP contribution in [0, 0.1) is 0 Å². The molecule has 1 saturated heterocycles. The third kappa shape index (κ3) is 7.73. The SMILES string of the molecule is CCOC(=O)Nc1cccc(Cn2nc(-c3cccc(CNC(=O)CN4CCOCC4)c3)ccc2=O)c1. The average molecular weight is 506 g/mol. The molecule has 0 atom stereocenters. The highest BCUT2D eigenvalue weighted by atomic mass is 16.5. The van der Waals surface area contributed by atoms with Crippen molar-refractivity contribution in [2.24, 2.45) is 0 Å². The van der Waals surface area contributed by atoms with Crippen molar-refractivity contribution in [1.82, 2.24) is 20.0 Å². The molecule has 4 rings (SSSR count). The van der Waals surface area contributed by atoms with Crippen LogP contribution >= 0.6 is 0 Å². The van der Waals surface area contributed by atoms with E-state index in [0.29, 0.717) is 37.7 Å². The van der Waals surface area contributed by atoms with Crippen LogP contribution in [0.15, 0.2) is 65.5 Å². The van der Waals surface area contributed by atoms with Gasteiger partial charge in [-0.15, -0.1) is 0 Å². The number of hydrogen-bond donors (Lipinski definition) is 2. The number of nitrogens with one attached hydrogen (secondary N) is 2. The lowest BCUT2D eigenvalue weighted by atomic mass is 10.1. The van der Waals surface area contributed by atoms with E-state index in [1.165, 1.54) is 10.7 Å². The van der Waals surface area contributed by atoms with Crippen molar-refractivity contribution in [2.45, 2.75) is 20.0 Å². The van der Waals surface area contributed by atoms with E-state index in [2.05, 4.69) is 20.6 Å². The van der Waals surface area contributed by atoms with Gasteiger partial charge in [-0.1, -0.05) is 30.3 Å². The molecular formula is C27H31N5O5. The molecule has 1 aromatic heterocycles. The zero-order valence-electron chi connectivity index (χ0n) is 20.8. The first-order valence-electron chi connectivity index (χ1n) is 12.3. The summed E-state index contributed by atoms with van der Waals surface area (Å²) in [5.74, 6) is -0.0290. The largest absolute Gasteiger partial charge is 0.450 e. The van der Waals surface area contributed by atoms with Gasteiger partial charge in [0.05, 0.1) is 38.6 Å². The third-order valence-corrected chi connectivity index (χ3v) is 5.83. The molecule has 0 bridgehead atoms. The van der Waals surface area contributed by atoms with Crippen LogP contribution in [-0.4, -0.2) is 66.1 Å². The summed E-state index contributed by atoms with van der Waals surface area (Å²) in [6.07, 6.45) is -0.533. The Bertz CT molecular complexity index is 1290. The maximum atomic E-state index is 12.5. The first-order valence-corrected chi connectivity index (χ1v) is 12.3. The first kappa shape index (κ1) is 26.1. The Morgan fingerprint density at radius 1 is 1.03 bits per heavy atom. The van der Waals surface area contributed by atoms with Crippen LogP contribution in [0.1, 0.15) is 18.1 Å². The fourth-order valence-electron chi connectivity index (χ4n) is 3.98. The van der Waals surface area contributed by atoms with E-state index in [1.54, 1.807) is 31.2 Å². The topological polar surface area (TPSA) is 115 Å². The van der Waals surface area contributed by atoms with Crippen molar-refractivity contribution in [2.75, 3.05) is 44.8 Å². The van der Waals surface area contributed by atoms with E-state index in [-0.39, 0.29) is 24.6 Å². The zero-order chi connectivity index (χ0) is 26.0. The number of benzene rings is 2. The van der Waals surface area contributed by atoms with Crippen LogP contribution in [-0.2, 0) is 27.4 Å². The molecule has 2 N–H and O–H groups in total. The quantitative estimate of drug-likeness (QED) is 0.459. The van der Waals surface area contributed by atoms with Gasteiger partial charge in [0, 0.05) is 37.0 Å². The highest BCUT2D eigenvalue weighted by molar-refractivity contribution is 5.84. The molecule has 1 aliphatic heterocycles. The summed E-state index contributed by atoms with van der Waals surface area (Å²) in [6.45, 7) is 5.83. The van der Waals surface area contributed by atoms with Gasteiger partial charge in [0.1, 0.15) is 0 Å². The molecule has 10 nitrogen and oxygen atoms in total. The first-order chi connectivity index (χ1) is 18.0. The number of hydrogen-bond acceptors (Lipinski definition) is 7. The summed E-state index contributed by atoms with van der Waals surface area (Å²) < 4.78 is 11.6. The monoisotopic (exact) mass is 505 g/mol. The maximum absolute atomic E-state index is 12.5. The van der Waals surface area contributed by atoms with Gasteiger partial charge >= 0.3 is 6.09 Å². The molecule has 0 unspecified atom stereocenters. The molecule has 0 radical (unpaired) electrons. The minimum atomic E-state index is -0.533. The predicted molar refractivity (Wildman–Crippen MR) is 139 cm³/mol. The fraction of sp³-hybridized carbons (Fsp3) is 0.333. The molecule has 194 valence electrons. The molecule has 2 aromatic carbocycles. The summed E-state index contributed by atoms with van der Waals surface area (Å²) in [5.41, 5.74) is 3.55. The van der Waals surface area contributed by atoms with Gasteiger partial charge in [0.2, 0.25) is 5.91 Å². The number of aromatic nitrogens is 2. The van der Waals surface area contributed by atoms with E-state index in [1.807, 2.05) is 30.3 Å². The number of amides is 2. The van der Waals surface area contributed by atoms with Crippen LogP contribution in [0.3, 0.4) is 0 Å². The number of rotatable bonds is 9. The van der Waals surface area contributed by atoms with E-state index in [4.69, 9.17) is 9.47 Å². The summed E-state index contributed by atoms with van der Waals surface area (Å²) in [7, 11) is 0. The molecule has 0 saturated carbocycles. The van der Waals surface area contributed by atoms with E-state index < -0.39 is 6.09 Å². The Kier molecular flexibility index (Phi) is 9.01. The van der Waals surface area contributed by atoms with Crippen LogP contribution in [0.5, 0.6) is 0 Å². The molecule has 3 aromatic rings. The highest BCUT2D eigenvalue weighted by Crippen LogP contribution is 2.18. The van der Waals surface area contributed by atoms with Gasteiger partial charge in [-0.2, -0.15) is 5.10 Å². The van der Waals surface area contributed by atoms with Crippen molar-refractivity contribution in [3.8, 4) is 11.3 Å². The maximum Gasteiger partial charge on any atom is 0.411 e. The minimum absolute atomic E-state index is 0.0290. The lowest BCUT2D eigenvalue weighted by Crippen LogP contribution is -2.43.